The topological polar surface area (TPSA) is 118 Å². The number of nitro benzene ring substituents is 1. The summed E-state index contributed by atoms with van der Waals surface area (Å²) in [4.78, 5) is 10.1. The van der Waals surface area contributed by atoms with Crippen LogP contribution in [0.3, 0.4) is 0 Å². The van der Waals surface area contributed by atoms with E-state index in [2.05, 4.69) is 14.9 Å². The van der Waals surface area contributed by atoms with Gasteiger partial charge >= 0.3 is 0 Å². The van der Waals surface area contributed by atoms with E-state index in [4.69, 9.17) is 0 Å². The van der Waals surface area contributed by atoms with Crippen molar-refractivity contribution in [2.75, 3.05) is 0 Å². The molecule has 0 fully saturated rings. The molecule has 0 aliphatic carbocycles. The van der Waals surface area contributed by atoms with Crippen LogP contribution < -0.4 is 4.72 Å². The van der Waals surface area contributed by atoms with E-state index in [9.17, 15) is 18.5 Å². The van der Waals surface area contributed by atoms with Gasteiger partial charge in [-0.25, -0.2) is 13.1 Å². The molecule has 20 heavy (non-hydrogen) atoms. The van der Waals surface area contributed by atoms with Crippen LogP contribution in [0.1, 0.15) is 11.1 Å². The van der Waals surface area contributed by atoms with Gasteiger partial charge in [0.15, 0.2) is 0 Å². The smallest absolute Gasteiger partial charge is 0.273 e. The van der Waals surface area contributed by atoms with Crippen molar-refractivity contribution in [3.63, 3.8) is 0 Å². The molecule has 0 bridgehead atoms. The largest absolute Gasteiger partial charge is 0.285 e. The van der Waals surface area contributed by atoms with Gasteiger partial charge in [-0.15, -0.1) is 0 Å². The predicted octanol–water partition coefficient (Wildman–Crippen LogP) is 1.10. The first-order chi connectivity index (χ1) is 9.42. The minimum absolute atomic E-state index is 0.0565. The highest BCUT2D eigenvalue weighted by Gasteiger charge is 2.22. The second kappa shape index (κ2) is 5.39. The maximum atomic E-state index is 12.2. The van der Waals surface area contributed by atoms with E-state index in [0.717, 1.165) is 0 Å². The molecule has 0 aliphatic heterocycles. The molecule has 9 heteroatoms. The number of nitro groups is 1. The molecule has 8 nitrogen and oxygen atoms in total. The van der Waals surface area contributed by atoms with Crippen LogP contribution >= 0.6 is 0 Å². The number of hydrogen-bond acceptors (Lipinski definition) is 5. The summed E-state index contributed by atoms with van der Waals surface area (Å²) in [6.45, 7) is 1.46. The van der Waals surface area contributed by atoms with E-state index < -0.39 is 14.9 Å². The van der Waals surface area contributed by atoms with Crippen LogP contribution in [-0.2, 0) is 16.6 Å². The average Bonchev–Trinajstić information content (AvgIpc) is 2.89. The lowest BCUT2D eigenvalue weighted by Gasteiger charge is -2.08. The average molecular weight is 296 g/mol. The van der Waals surface area contributed by atoms with Gasteiger partial charge in [-0.1, -0.05) is 6.07 Å². The van der Waals surface area contributed by atoms with E-state index in [0.29, 0.717) is 5.56 Å². The van der Waals surface area contributed by atoms with Gasteiger partial charge in [-0.3, -0.25) is 15.2 Å². The quantitative estimate of drug-likeness (QED) is 0.632. The van der Waals surface area contributed by atoms with Crippen molar-refractivity contribution in [2.45, 2.75) is 18.4 Å². The van der Waals surface area contributed by atoms with Crippen LogP contribution in [0.4, 0.5) is 5.69 Å². The van der Waals surface area contributed by atoms with Gasteiger partial charge in [0, 0.05) is 29.9 Å². The van der Waals surface area contributed by atoms with Crippen molar-refractivity contribution in [2.24, 2.45) is 0 Å². The molecule has 106 valence electrons. The molecule has 0 unspecified atom stereocenters. The van der Waals surface area contributed by atoms with Gasteiger partial charge in [0.25, 0.3) is 5.69 Å². The molecule has 1 aromatic heterocycles. The maximum Gasteiger partial charge on any atom is 0.273 e. The van der Waals surface area contributed by atoms with Crippen molar-refractivity contribution in [3.05, 3.63) is 51.8 Å². The second-order valence-electron chi connectivity index (χ2n) is 4.09. The lowest BCUT2D eigenvalue weighted by Crippen LogP contribution is -2.24. The lowest BCUT2D eigenvalue weighted by atomic mass is 10.2. The molecule has 2 rings (SSSR count). The van der Waals surface area contributed by atoms with E-state index >= 15 is 0 Å². The molecule has 0 aliphatic rings. The second-order valence-corrected chi connectivity index (χ2v) is 5.82. The van der Waals surface area contributed by atoms with Crippen LogP contribution in [0.2, 0.25) is 0 Å². The number of nitrogens with zero attached hydrogens (tertiary/aromatic N) is 2. The Morgan fingerprint density at radius 3 is 2.80 bits per heavy atom. The Labute approximate surface area is 115 Å². The maximum absolute atomic E-state index is 12.2. The number of benzene rings is 1. The third kappa shape index (κ3) is 2.83. The lowest BCUT2D eigenvalue weighted by molar-refractivity contribution is -0.385. The summed E-state index contributed by atoms with van der Waals surface area (Å²) in [5.74, 6) is 0. The third-order valence-electron chi connectivity index (χ3n) is 2.76. The molecule has 0 spiro atoms. The highest BCUT2D eigenvalue weighted by Crippen LogP contribution is 2.24. The van der Waals surface area contributed by atoms with Crippen LogP contribution in [0.5, 0.6) is 0 Å². The molecule has 1 aromatic carbocycles. The molecule has 0 radical (unpaired) electrons. The fourth-order valence-corrected chi connectivity index (χ4v) is 3.00. The minimum atomic E-state index is -3.82. The number of nitrogens with one attached hydrogen (secondary N) is 2. The standard InChI is InChI=1S/C11H12N4O4S/c1-8-10(15(16)17)3-2-4-11(8)20(18,19)14-7-9-5-12-13-6-9/h2-6,14H,7H2,1H3,(H,12,13). The van der Waals surface area contributed by atoms with Gasteiger partial charge < -0.3 is 0 Å². The van der Waals surface area contributed by atoms with E-state index in [1.807, 2.05) is 0 Å². The monoisotopic (exact) mass is 296 g/mol. The summed E-state index contributed by atoms with van der Waals surface area (Å²) in [6.07, 6.45) is 3.05. The summed E-state index contributed by atoms with van der Waals surface area (Å²) >= 11 is 0. The molecule has 2 N–H and O–H groups in total. The molecular formula is C11H12N4O4S. The van der Waals surface area contributed by atoms with Gasteiger partial charge in [0.1, 0.15) is 0 Å². The van der Waals surface area contributed by atoms with Crippen molar-refractivity contribution < 1.29 is 13.3 Å². The van der Waals surface area contributed by atoms with E-state index in [-0.39, 0.29) is 22.7 Å². The first-order valence-electron chi connectivity index (χ1n) is 5.63. The first-order valence-corrected chi connectivity index (χ1v) is 7.11. The van der Waals surface area contributed by atoms with Crippen molar-refractivity contribution in [1.82, 2.24) is 14.9 Å². The highest BCUT2D eigenvalue weighted by atomic mass is 32.2. The zero-order valence-corrected chi connectivity index (χ0v) is 11.3. The summed E-state index contributed by atoms with van der Waals surface area (Å²) in [5.41, 5.74) is 0.546. The molecule has 0 amide bonds. The number of H-pyrrole nitrogens is 1. The number of aromatic amines is 1. The Hall–Kier alpha value is -2.26. The number of hydrogen-bond donors (Lipinski definition) is 2. The SMILES string of the molecule is Cc1c([N+](=O)[O-])cccc1S(=O)(=O)NCc1cn[nH]c1. The van der Waals surface area contributed by atoms with Crippen LogP contribution in [0.25, 0.3) is 0 Å². The van der Waals surface area contributed by atoms with Gasteiger partial charge in [-0.2, -0.15) is 5.10 Å². The predicted molar refractivity (Wildman–Crippen MR) is 70.4 cm³/mol. The van der Waals surface area contributed by atoms with Crippen LogP contribution in [0.15, 0.2) is 35.5 Å². The molecule has 1 heterocycles. The van der Waals surface area contributed by atoms with Crippen molar-refractivity contribution in [1.29, 1.82) is 0 Å². The van der Waals surface area contributed by atoms with Gasteiger partial charge in [0.05, 0.1) is 16.0 Å². The van der Waals surface area contributed by atoms with Gasteiger partial charge in [0.2, 0.25) is 10.0 Å². The number of rotatable bonds is 5. The normalized spacial score (nSPS) is 11.4. The number of sulfonamides is 1. The van der Waals surface area contributed by atoms with Gasteiger partial charge in [-0.05, 0) is 13.0 Å². The highest BCUT2D eigenvalue weighted by molar-refractivity contribution is 7.89. The first kappa shape index (κ1) is 14.2. The summed E-state index contributed by atoms with van der Waals surface area (Å²) < 4.78 is 26.7. The van der Waals surface area contributed by atoms with Crippen LogP contribution in [-0.4, -0.2) is 23.5 Å². The molecular weight excluding hydrogens is 284 g/mol. The summed E-state index contributed by atoms with van der Waals surface area (Å²) in [6, 6.07) is 3.95. The third-order valence-corrected chi connectivity index (χ3v) is 4.31. The van der Waals surface area contributed by atoms with Crippen molar-refractivity contribution >= 4 is 15.7 Å². The Bertz CT molecular complexity index is 725. The zero-order chi connectivity index (χ0) is 14.8. The molecule has 0 saturated carbocycles. The summed E-state index contributed by atoms with van der Waals surface area (Å²) in [7, 11) is -3.82. The Balaban J connectivity index is 2.30. The van der Waals surface area contributed by atoms with E-state index in [1.165, 1.54) is 31.3 Å². The van der Waals surface area contributed by atoms with Crippen molar-refractivity contribution in [3.8, 4) is 0 Å². The molecule has 0 atom stereocenters. The van der Waals surface area contributed by atoms with Crippen LogP contribution in [0, 0.1) is 17.0 Å². The minimum Gasteiger partial charge on any atom is -0.285 e. The fraction of sp³-hybridized carbons (Fsp3) is 0.182. The van der Waals surface area contributed by atoms with E-state index in [1.54, 1.807) is 6.20 Å². The zero-order valence-electron chi connectivity index (χ0n) is 10.5. The Morgan fingerprint density at radius 1 is 1.45 bits per heavy atom. The Kier molecular flexibility index (Phi) is 3.81. The fourth-order valence-electron chi connectivity index (χ4n) is 1.72. The summed E-state index contributed by atoms with van der Waals surface area (Å²) in [5, 5.41) is 17.1. The molecule has 0 saturated heterocycles. The molecule has 2 aromatic rings. The number of aromatic nitrogens is 2. The Morgan fingerprint density at radius 2 is 2.20 bits per heavy atom.